The summed E-state index contributed by atoms with van der Waals surface area (Å²) in [6, 6.07) is 5.14. The van der Waals surface area contributed by atoms with Gasteiger partial charge in [-0.15, -0.1) is 0 Å². The Kier molecular flexibility index (Phi) is 10.2. The van der Waals surface area contributed by atoms with Gasteiger partial charge in [0.2, 0.25) is 0 Å². The van der Waals surface area contributed by atoms with Gasteiger partial charge in [0.05, 0.1) is 0 Å². The molecule has 0 aliphatic carbocycles. The lowest BCUT2D eigenvalue weighted by Gasteiger charge is -2.17. The molecule has 2 rings (SSSR count). The van der Waals surface area contributed by atoms with Crippen molar-refractivity contribution < 1.29 is 34.1 Å². The van der Waals surface area contributed by atoms with E-state index in [1.165, 1.54) is 0 Å². The normalized spacial score (nSPS) is 10.5. The van der Waals surface area contributed by atoms with E-state index >= 15 is 0 Å². The zero-order chi connectivity index (χ0) is 22.5. The van der Waals surface area contributed by atoms with E-state index in [4.69, 9.17) is 10.2 Å². The molecule has 162 valence electrons. The number of rotatable bonds is 9. The van der Waals surface area contributed by atoms with Gasteiger partial charge < -0.3 is 25.6 Å². The number of amides is 1. The summed E-state index contributed by atoms with van der Waals surface area (Å²) in [5.41, 5.74) is 0.365. The molecular weight excluding hydrogens is 398 g/mol. The summed E-state index contributed by atoms with van der Waals surface area (Å²) in [5, 5.41) is 33.6. The summed E-state index contributed by atoms with van der Waals surface area (Å²) in [7, 11) is 0. The highest BCUT2D eigenvalue weighted by atomic mass is 16.8. The van der Waals surface area contributed by atoms with Gasteiger partial charge in [-0.3, -0.25) is 14.4 Å². The van der Waals surface area contributed by atoms with Crippen LogP contribution in [0.1, 0.15) is 24.3 Å². The van der Waals surface area contributed by atoms with Crippen LogP contribution in [-0.4, -0.2) is 69.3 Å². The average Bonchev–Trinajstić information content (AvgIpc) is 3.12. The largest absolute Gasteiger partial charge is 0.478 e. The number of pyridine rings is 1. The van der Waals surface area contributed by atoms with E-state index in [-0.39, 0.29) is 16.3 Å². The Balaban J connectivity index is 0.000000479. The number of carbonyl (C=O) groups is 3. The number of likely N-dealkylation sites (N-methyl/N-ethyl adjacent to an activating group) is 1. The zero-order valence-corrected chi connectivity index (χ0v) is 16.5. The molecule has 0 aromatic carbocycles. The lowest BCUT2D eigenvalue weighted by atomic mass is 10.2. The lowest BCUT2D eigenvalue weighted by Crippen LogP contribution is -2.40. The smallest absolute Gasteiger partial charge is 0.328 e. The molecule has 0 bridgehead atoms. The summed E-state index contributed by atoms with van der Waals surface area (Å²) in [6.07, 6.45) is 2.67. The molecule has 0 spiro atoms. The summed E-state index contributed by atoms with van der Waals surface area (Å²) in [4.78, 5) is 37.7. The fourth-order valence-corrected chi connectivity index (χ4v) is 2.20. The van der Waals surface area contributed by atoms with E-state index < -0.39 is 17.8 Å². The molecule has 30 heavy (non-hydrogen) atoms. The minimum absolute atomic E-state index is 0.108. The fraction of sp³-hybridized carbons (Fsp3) is 0.333. The van der Waals surface area contributed by atoms with Gasteiger partial charge in [0, 0.05) is 36.6 Å². The second-order valence-corrected chi connectivity index (χ2v) is 5.63. The summed E-state index contributed by atoms with van der Waals surface area (Å²) in [6.45, 7) is 7.06. The number of nitrogens with zero attached hydrogens (tertiary/aromatic N) is 4. The first-order valence-corrected chi connectivity index (χ1v) is 8.95. The van der Waals surface area contributed by atoms with Crippen molar-refractivity contribution in [2.45, 2.75) is 13.8 Å². The van der Waals surface area contributed by atoms with Gasteiger partial charge in [-0.25, -0.2) is 9.59 Å². The number of hydrogen-bond acceptors (Lipinski definition) is 8. The maximum absolute atomic E-state index is 12.2. The average molecular weight is 421 g/mol. The van der Waals surface area contributed by atoms with E-state index in [9.17, 15) is 19.6 Å². The van der Waals surface area contributed by atoms with Crippen molar-refractivity contribution in [3.63, 3.8) is 0 Å². The van der Waals surface area contributed by atoms with Gasteiger partial charge in [-0.05, 0) is 30.1 Å². The number of nitrogens with one attached hydrogen (secondary N) is 1. The maximum Gasteiger partial charge on any atom is 0.328 e. The van der Waals surface area contributed by atoms with Crippen molar-refractivity contribution in [3.05, 3.63) is 47.4 Å². The van der Waals surface area contributed by atoms with Crippen LogP contribution in [0.5, 0.6) is 0 Å². The third-order valence-corrected chi connectivity index (χ3v) is 3.71. The first-order valence-electron chi connectivity index (χ1n) is 8.95. The van der Waals surface area contributed by atoms with E-state index in [2.05, 4.69) is 38.8 Å². The van der Waals surface area contributed by atoms with Crippen molar-refractivity contribution in [2.24, 2.45) is 0 Å². The molecule has 0 unspecified atom stereocenters. The van der Waals surface area contributed by atoms with Crippen LogP contribution in [-0.2, 0) is 9.59 Å². The Bertz CT molecular complexity index is 847. The van der Waals surface area contributed by atoms with Gasteiger partial charge in [-0.2, -0.15) is 0 Å². The van der Waals surface area contributed by atoms with Crippen LogP contribution in [0.2, 0.25) is 0 Å². The first-order chi connectivity index (χ1) is 14.3. The second kappa shape index (κ2) is 12.6. The molecule has 1 amide bonds. The van der Waals surface area contributed by atoms with Crippen molar-refractivity contribution >= 4 is 17.8 Å². The van der Waals surface area contributed by atoms with E-state index in [1.54, 1.807) is 24.4 Å². The molecule has 0 saturated carbocycles. The monoisotopic (exact) mass is 421 g/mol. The third kappa shape index (κ3) is 8.06. The van der Waals surface area contributed by atoms with E-state index in [1.807, 2.05) is 0 Å². The molecule has 2 heterocycles. The summed E-state index contributed by atoms with van der Waals surface area (Å²) in [5.74, 6) is -3.04. The van der Waals surface area contributed by atoms with Crippen LogP contribution in [0.3, 0.4) is 0 Å². The number of carboxylic acid groups (broad SMARTS) is 2. The van der Waals surface area contributed by atoms with Crippen LogP contribution in [0.25, 0.3) is 11.4 Å². The summed E-state index contributed by atoms with van der Waals surface area (Å²) < 4.78 is 4.54. The highest BCUT2D eigenvalue weighted by molar-refractivity contribution is 5.96. The lowest BCUT2D eigenvalue weighted by molar-refractivity contribution is -0.803. The quantitative estimate of drug-likeness (QED) is 0.374. The van der Waals surface area contributed by atoms with E-state index in [0.717, 1.165) is 13.1 Å². The fourth-order valence-electron chi connectivity index (χ4n) is 2.20. The molecule has 2 aromatic heterocycles. The van der Waals surface area contributed by atoms with Gasteiger partial charge in [0.15, 0.2) is 0 Å². The van der Waals surface area contributed by atoms with Gasteiger partial charge in [0.1, 0.15) is 5.69 Å². The third-order valence-electron chi connectivity index (χ3n) is 3.71. The molecule has 12 heteroatoms. The van der Waals surface area contributed by atoms with Crippen molar-refractivity contribution in [2.75, 3.05) is 26.2 Å². The van der Waals surface area contributed by atoms with Gasteiger partial charge in [-0.1, -0.05) is 19.9 Å². The first kappa shape index (κ1) is 24.2. The van der Waals surface area contributed by atoms with Crippen molar-refractivity contribution in [1.29, 1.82) is 0 Å². The molecule has 3 N–H and O–H groups in total. The number of aromatic nitrogens is 3. The minimum atomic E-state index is -1.26. The van der Waals surface area contributed by atoms with Crippen LogP contribution in [0, 0.1) is 5.21 Å². The van der Waals surface area contributed by atoms with Gasteiger partial charge >= 0.3 is 11.9 Å². The molecular formula is C18H23N5O7. The highest BCUT2D eigenvalue weighted by Crippen LogP contribution is 2.16. The number of carbonyl (C=O) groups excluding carboxylic acids is 1. The highest BCUT2D eigenvalue weighted by Gasteiger charge is 2.28. The standard InChI is InChI=1S/C14H19N5O3.C4H4O4/c1-3-18(4-2)10-9-16-14(20)13-12(17-22-19(13)21)11-7-5-6-8-15-11;5-3(6)1-2-4(7)8/h5-8H,3-4,9-10H2,1-2H3,(H,16,20);1-2H,(H,5,6)(H,7,8)/b;2-1+. The minimum Gasteiger partial charge on any atom is -0.478 e. The predicted octanol–water partition coefficient (Wildman–Crippen LogP) is 0.153. The number of hydrogen-bond donors (Lipinski definition) is 3. The molecule has 0 aliphatic heterocycles. The Labute approximate surface area is 172 Å². The molecule has 0 radical (unpaired) electrons. The topological polar surface area (TPSA) is 173 Å². The van der Waals surface area contributed by atoms with Crippen LogP contribution in [0.4, 0.5) is 0 Å². The molecule has 0 aliphatic rings. The maximum atomic E-state index is 12.2. The van der Waals surface area contributed by atoms with E-state index in [0.29, 0.717) is 30.9 Å². The molecule has 2 aromatic rings. The molecule has 0 saturated heterocycles. The van der Waals surface area contributed by atoms with Crippen LogP contribution >= 0.6 is 0 Å². The zero-order valence-electron chi connectivity index (χ0n) is 16.5. The Morgan fingerprint density at radius 1 is 1.20 bits per heavy atom. The van der Waals surface area contributed by atoms with Crippen molar-refractivity contribution in [3.8, 4) is 11.4 Å². The van der Waals surface area contributed by atoms with Crippen LogP contribution < -0.4 is 10.2 Å². The number of carboxylic acids is 2. The van der Waals surface area contributed by atoms with Crippen LogP contribution in [0.15, 0.2) is 41.2 Å². The number of aliphatic carboxylic acids is 2. The van der Waals surface area contributed by atoms with Gasteiger partial charge in [0.25, 0.3) is 17.3 Å². The Morgan fingerprint density at radius 3 is 2.33 bits per heavy atom. The predicted molar refractivity (Wildman–Crippen MR) is 103 cm³/mol. The van der Waals surface area contributed by atoms with Crippen molar-refractivity contribution in [1.82, 2.24) is 20.4 Å². The summed E-state index contributed by atoms with van der Waals surface area (Å²) >= 11 is 0. The Hall–Kier alpha value is -3.80. The second-order valence-electron chi connectivity index (χ2n) is 5.63. The molecule has 0 atom stereocenters. The molecule has 12 nitrogen and oxygen atoms in total. The SMILES string of the molecule is CCN(CC)CCNC(=O)c1c(-c2ccccn2)no[n+]1[O-].O=C(O)/C=C/C(=O)O. The molecule has 0 fully saturated rings. The Morgan fingerprint density at radius 2 is 1.83 bits per heavy atom.